The molecule has 0 aliphatic carbocycles. The SMILES string of the molecule is COc1ccc(N2C[C@@H](NS(=O)(=O)c3ccc(OC)cc3)CC2=O)cc1. The number of amides is 1. The number of methoxy groups -OCH3 is 2. The van der Waals surface area contributed by atoms with Gasteiger partial charge in [0.05, 0.1) is 19.1 Å². The molecule has 7 nitrogen and oxygen atoms in total. The van der Waals surface area contributed by atoms with Gasteiger partial charge in [0, 0.05) is 24.7 Å². The van der Waals surface area contributed by atoms with Crippen LogP contribution < -0.4 is 19.1 Å². The van der Waals surface area contributed by atoms with Crippen molar-refractivity contribution in [3.8, 4) is 11.5 Å². The van der Waals surface area contributed by atoms with Gasteiger partial charge < -0.3 is 14.4 Å². The van der Waals surface area contributed by atoms with Crippen LogP contribution in [0, 0.1) is 0 Å². The zero-order valence-electron chi connectivity index (χ0n) is 14.5. The summed E-state index contributed by atoms with van der Waals surface area (Å²) in [5, 5.41) is 0. The molecule has 1 fully saturated rings. The van der Waals surface area contributed by atoms with Crippen molar-refractivity contribution in [2.24, 2.45) is 0 Å². The first kappa shape index (κ1) is 18.2. The van der Waals surface area contributed by atoms with E-state index in [0.29, 0.717) is 17.2 Å². The third kappa shape index (κ3) is 3.81. The molecule has 0 bridgehead atoms. The minimum absolute atomic E-state index is 0.113. The predicted octanol–water partition coefficient (Wildman–Crippen LogP) is 1.79. The molecule has 1 aliphatic heterocycles. The van der Waals surface area contributed by atoms with Crippen molar-refractivity contribution < 1.29 is 22.7 Å². The van der Waals surface area contributed by atoms with E-state index in [1.807, 2.05) is 0 Å². The van der Waals surface area contributed by atoms with Crippen LogP contribution in [0.3, 0.4) is 0 Å². The second-order valence-electron chi connectivity index (χ2n) is 5.90. The molecule has 1 heterocycles. The highest BCUT2D eigenvalue weighted by molar-refractivity contribution is 7.89. The van der Waals surface area contributed by atoms with Crippen molar-refractivity contribution >= 4 is 21.6 Å². The number of anilines is 1. The van der Waals surface area contributed by atoms with Crippen molar-refractivity contribution in [3.63, 3.8) is 0 Å². The fraction of sp³-hybridized carbons (Fsp3) is 0.278. The van der Waals surface area contributed by atoms with E-state index in [0.717, 1.165) is 0 Å². The molecule has 2 aromatic rings. The monoisotopic (exact) mass is 376 g/mol. The number of ether oxygens (including phenoxy) is 2. The Morgan fingerprint density at radius 1 is 0.962 bits per heavy atom. The summed E-state index contributed by atoms with van der Waals surface area (Å²) in [6.45, 7) is 0.278. The van der Waals surface area contributed by atoms with Crippen molar-refractivity contribution in [1.29, 1.82) is 0 Å². The van der Waals surface area contributed by atoms with Crippen LogP contribution in [0.2, 0.25) is 0 Å². The Morgan fingerprint density at radius 3 is 2.04 bits per heavy atom. The summed E-state index contributed by atoms with van der Waals surface area (Å²) in [6, 6.07) is 12.7. The second kappa shape index (κ2) is 7.35. The second-order valence-corrected chi connectivity index (χ2v) is 7.61. The minimum atomic E-state index is -3.71. The first-order chi connectivity index (χ1) is 12.4. The maximum atomic E-state index is 12.5. The molecular formula is C18H20N2O5S. The molecule has 0 unspecified atom stereocenters. The number of nitrogens with one attached hydrogen (secondary N) is 1. The molecule has 8 heteroatoms. The van der Waals surface area contributed by atoms with Gasteiger partial charge in [0.15, 0.2) is 0 Å². The Hall–Kier alpha value is -2.58. The highest BCUT2D eigenvalue weighted by atomic mass is 32.2. The zero-order valence-corrected chi connectivity index (χ0v) is 15.3. The standard InChI is InChI=1S/C18H20N2O5S/c1-24-15-5-3-14(4-6-15)20-12-13(11-18(20)21)19-26(22,23)17-9-7-16(25-2)8-10-17/h3-10,13,19H,11-12H2,1-2H3/t13-/m0/s1. The van der Waals surface area contributed by atoms with E-state index in [2.05, 4.69) is 4.72 Å². The lowest BCUT2D eigenvalue weighted by Crippen LogP contribution is -2.37. The number of carbonyl (C=O) groups excluding carboxylic acids is 1. The summed E-state index contributed by atoms with van der Waals surface area (Å²) in [5.41, 5.74) is 0.710. The Morgan fingerprint density at radius 2 is 1.50 bits per heavy atom. The van der Waals surface area contributed by atoms with Gasteiger partial charge >= 0.3 is 0 Å². The average Bonchev–Trinajstić information content (AvgIpc) is 3.01. The normalized spacial score (nSPS) is 17.4. The van der Waals surface area contributed by atoms with Gasteiger partial charge in [0.2, 0.25) is 15.9 Å². The van der Waals surface area contributed by atoms with Crippen molar-refractivity contribution in [2.75, 3.05) is 25.7 Å². The third-order valence-corrected chi connectivity index (χ3v) is 5.74. The molecule has 2 aromatic carbocycles. The van der Waals surface area contributed by atoms with Crippen LogP contribution in [0.1, 0.15) is 6.42 Å². The quantitative estimate of drug-likeness (QED) is 0.831. The predicted molar refractivity (Wildman–Crippen MR) is 97.1 cm³/mol. The number of rotatable bonds is 6. The van der Waals surface area contributed by atoms with Crippen LogP contribution in [0.4, 0.5) is 5.69 Å². The van der Waals surface area contributed by atoms with Gasteiger partial charge in [-0.1, -0.05) is 0 Å². The summed E-state index contributed by atoms with van der Waals surface area (Å²) in [4.78, 5) is 14.0. The Kier molecular flexibility index (Phi) is 5.15. The molecule has 1 N–H and O–H groups in total. The maximum absolute atomic E-state index is 12.5. The molecule has 1 amide bonds. The topological polar surface area (TPSA) is 84.9 Å². The van der Waals surface area contributed by atoms with Gasteiger partial charge in [-0.15, -0.1) is 0 Å². The number of hydrogen-bond donors (Lipinski definition) is 1. The Bertz CT molecular complexity index is 879. The van der Waals surface area contributed by atoms with Crippen LogP contribution in [0.15, 0.2) is 53.4 Å². The van der Waals surface area contributed by atoms with E-state index in [9.17, 15) is 13.2 Å². The van der Waals surface area contributed by atoms with E-state index in [1.165, 1.54) is 19.2 Å². The average molecular weight is 376 g/mol. The summed E-state index contributed by atoms with van der Waals surface area (Å²) < 4.78 is 37.8. The molecule has 0 saturated carbocycles. The fourth-order valence-electron chi connectivity index (χ4n) is 2.84. The molecule has 0 spiro atoms. The number of carbonyl (C=O) groups is 1. The lowest BCUT2D eigenvalue weighted by atomic mass is 10.3. The summed E-state index contributed by atoms with van der Waals surface area (Å²) >= 11 is 0. The summed E-state index contributed by atoms with van der Waals surface area (Å²) in [5.74, 6) is 1.14. The molecule has 0 aromatic heterocycles. The molecule has 1 saturated heterocycles. The minimum Gasteiger partial charge on any atom is -0.497 e. The first-order valence-corrected chi connectivity index (χ1v) is 9.52. The van der Waals surface area contributed by atoms with Crippen molar-refractivity contribution in [3.05, 3.63) is 48.5 Å². The van der Waals surface area contributed by atoms with Gasteiger partial charge in [0.1, 0.15) is 11.5 Å². The van der Waals surface area contributed by atoms with E-state index >= 15 is 0 Å². The van der Waals surface area contributed by atoms with Gasteiger partial charge in [-0.05, 0) is 48.5 Å². The number of nitrogens with zero attached hydrogens (tertiary/aromatic N) is 1. The van der Waals surface area contributed by atoms with Gasteiger partial charge in [-0.2, -0.15) is 0 Å². The van der Waals surface area contributed by atoms with Gasteiger partial charge in [-0.3, -0.25) is 4.79 Å². The highest BCUT2D eigenvalue weighted by Crippen LogP contribution is 2.25. The van der Waals surface area contributed by atoms with Crippen LogP contribution in [-0.2, 0) is 14.8 Å². The fourth-order valence-corrected chi connectivity index (χ4v) is 4.07. The Labute approximate surface area is 152 Å². The van der Waals surface area contributed by atoms with Crippen molar-refractivity contribution in [2.45, 2.75) is 17.4 Å². The van der Waals surface area contributed by atoms with Gasteiger partial charge in [-0.25, -0.2) is 13.1 Å². The first-order valence-electron chi connectivity index (χ1n) is 8.04. The maximum Gasteiger partial charge on any atom is 0.240 e. The molecular weight excluding hydrogens is 356 g/mol. The van der Waals surface area contributed by atoms with E-state index in [-0.39, 0.29) is 23.8 Å². The molecule has 0 radical (unpaired) electrons. The van der Waals surface area contributed by atoms with Crippen LogP contribution in [-0.4, -0.2) is 41.1 Å². The highest BCUT2D eigenvalue weighted by Gasteiger charge is 2.33. The summed E-state index contributed by atoms with van der Waals surface area (Å²) in [7, 11) is -0.630. The van der Waals surface area contributed by atoms with Crippen molar-refractivity contribution in [1.82, 2.24) is 4.72 Å². The van der Waals surface area contributed by atoms with E-state index in [1.54, 1.807) is 48.4 Å². The lowest BCUT2D eigenvalue weighted by Gasteiger charge is -2.17. The molecule has 1 atom stereocenters. The zero-order chi connectivity index (χ0) is 18.7. The molecule has 138 valence electrons. The third-order valence-electron chi connectivity index (χ3n) is 4.20. The van der Waals surface area contributed by atoms with Crippen LogP contribution >= 0.6 is 0 Å². The van der Waals surface area contributed by atoms with E-state index < -0.39 is 16.1 Å². The van der Waals surface area contributed by atoms with E-state index in [4.69, 9.17) is 9.47 Å². The molecule has 26 heavy (non-hydrogen) atoms. The van der Waals surface area contributed by atoms with Crippen LogP contribution in [0.5, 0.6) is 11.5 Å². The van der Waals surface area contributed by atoms with Crippen LogP contribution in [0.25, 0.3) is 0 Å². The number of benzene rings is 2. The Balaban J connectivity index is 1.71. The smallest absolute Gasteiger partial charge is 0.240 e. The van der Waals surface area contributed by atoms with Gasteiger partial charge in [0.25, 0.3) is 0 Å². The molecule has 3 rings (SSSR count). The lowest BCUT2D eigenvalue weighted by molar-refractivity contribution is -0.117. The molecule has 1 aliphatic rings. The summed E-state index contributed by atoms with van der Waals surface area (Å²) in [6.07, 6.45) is 0.113. The largest absolute Gasteiger partial charge is 0.497 e. The number of hydrogen-bond acceptors (Lipinski definition) is 5. The number of sulfonamides is 1.